The topological polar surface area (TPSA) is 126 Å². The van der Waals surface area contributed by atoms with Crippen LogP contribution in [0.5, 0.6) is 0 Å². The first kappa shape index (κ1) is 32.6. The van der Waals surface area contributed by atoms with Gasteiger partial charge in [-0.3, -0.25) is 0 Å². The number of ether oxygens (including phenoxy) is 3. The molecule has 3 aromatic rings. The highest BCUT2D eigenvalue weighted by Gasteiger charge is 2.60. The van der Waals surface area contributed by atoms with Crippen LogP contribution in [0.3, 0.4) is 0 Å². The van der Waals surface area contributed by atoms with E-state index in [1.165, 1.54) is 0 Å². The third kappa shape index (κ3) is 6.77. The van der Waals surface area contributed by atoms with Gasteiger partial charge in [0.05, 0.1) is 26.4 Å². The minimum Gasteiger partial charge on any atom is -0.406 e. The van der Waals surface area contributed by atoms with Crippen LogP contribution >= 0.6 is 0 Å². The molecule has 0 aliphatic carbocycles. The zero-order valence-electron chi connectivity index (χ0n) is 25.0. The Morgan fingerprint density at radius 3 is 2.02 bits per heavy atom. The standard InChI is InChI=1S/C33H41N3O6Si/c1-5-21-39-31-33(35-36-34,30(29(38)28(22-37)42-31)40-23-25-15-9-6-10-16-25)24-41-43(32(2,3)4,26-17-11-7-12-18-26)27-19-13-8-14-20-27/h5-20,28-31,37-38H,1,21-24H2,2-4H3/t28-,29-,30+,31+,33+/m1/s1. The van der Waals surface area contributed by atoms with Gasteiger partial charge in [-0.25, -0.2) is 0 Å². The normalized spacial score (nSPS) is 24.2. The van der Waals surface area contributed by atoms with Crippen LogP contribution in [0, 0.1) is 0 Å². The zero-order chi connectivity index (χ0) is 30.9. The number of aliphatic hydroxyl groups is 2. The summed E-state index contributed by atoms with van der Waals surface area (Å²) >= 11 is 0. The summed E-state index contributed by atoms with van der Waals surface area (Å²) in [5.41, 5.74) is 9.14. The molecule has 10 heteroatoms. The van der Waals surface area contributed by atoms with E-state index < -0.39 is 45.1 Å². The van der Waals surface area contributed by atoms with Crippen molar-refractivity contribution in [3.8, 4) is 0 Å². The molecule has 43 heavy (non-hydrogen) atoms. The summed E-state index contributed by atoms with van der Waals surface area (Å²) in [6.45, 7) is 9.65. The number of benzene rings is 3. The average molecular weight is 604 g/mol. The van der Waals surface area contributed by atoms with Crippen molar-refractivity contribution in [1.29, 1.82) is 0 Å². The van der Waals surface area contributed by atoms with Crippen molar-refractivity contribution in [3.05, 3.63) is 120 Å². The van der Waals surface area contributed by atoms with Crippen LogP contribution in [0.4, 0.5) is 0 Å². The van der Waals surface area contributed by atoms with Gasteiger partial charge in [0.2, 0.25) is 0 Å². The smallest absolute Gasteiger partial charge is 0.261 e. The number of hydrogen-bond acceptors (Lipinski definition) is 7. The number of nitrogens with zero attached hydrogens (tertiary/aromatic N) is 3. The second-order valence-electron chi connectivity index (χ2n) is 11.7. The van der Waals surface area contributed by atoms with Crippen molar-refractivity contribution in [1.82, 2.24) is 0 Å². The van der Waals surface area contributed by atoms with E-state index in [1.807, 2.05) is 66.7 Å². The SMILES string of the molecule is C=CCO[C@H]1O[C@H](CO)[C@@H](O)[C@H](OCc2ccccc2)[C@]1(CO[Si](c1ccccc1)(c1ccccc1)C(C)(C)C)N=[N+]=[N-]. The van der Waals surface area contributed by atoms with E-state index in [4.69, 9.17) is 18.6 Å². The minimum atomic E-state index is -3.14. The molecule has 0 aromatic heterocycles. The number of azide groups is 1. The van der Waals surface area contributed by atoms with Crippen LogP contribution in [-0.4, -0.2) is 68.5 Å². The fourth-order valence-corrected chi connectivity index (χ4v) is 10.4. The third-order valence-corrected chi connectivity index (χ3v) is 12.9. The molecule has 228 valence electrons. The maximum atomic E-state index is 11.5. The Bertz CT molecular complexity index is 1310. The van der Waals surface area contributed by atoms with Crippen LogP contribution in [0.25, 0.3) is 10.4 Å². The Morgan fingerprint density at radius 2 is 1.53 bits per heavy atom. The molecule has 1 aliphatic heterocycles. The average Bonchev–Trinajstić information content (AvgIpc) is 3.02. The summed E-state index contributed by atoms with van der Waals surface area (Å²) in [6.07, 6.45) is -3.23. The van der Waals surface area contributed by atoms with Crippen molar-refractivity contribution in [3.63, 3.8) is 0 Å². The summed E-state index contributed by atoms with van der Waals surface area (Å²) in [5, 5.41) is 27.6. The molecule has 2 N–H and O–H groups in total. The molecule has 9 nitrogen and oxygen atoms in total. The zero-order valence-corrected chi connectivity index (χ0v) is 26.0. The summed E-state index contributed by atoms with van der Waals surface area (Å²) in [4.78, 5) is 3.21. The van der Waals surface area contributed by atoms with E-state index >= 15 is 0 Å². The Balaban J connectivity index is 1.87. The van der Waals surface area contributed by atoms with Gasteiger partial charge in [-0.1, -0.05) is 123 Å². The van der Waals surface area contributed by atoms with E-state index in [0.717, 1.165) is 15.9 Å². The van der Waals surface area contributed by atoms with Crippen LogP contribution in [-0.2, 0) is 25.2 Å². The second kappa shape index (κ2) is 14.4. The molecule has 1 aliphatic rings. The minimum absolute atomic E-state index is 0.0617. The first-order valence-electron chi connectivity index (χ1n) is 14.4. The van der Waals surface area contributed by atoms with Gasteiger partial charge in [0.15, 0.2) is 11.8 Å². The lowest BCUT2D eigenvalue weighted by Gasteiger charge is -2.52. The Labute approximate surface area is 254 Å². The van der Waals surface area contributed by atoms with Crippen LogP contribution < -0.4 is 10.4 Å². The molecule has 1 fully saturated rings. The van der Waals surface area contributed by atoms with Gasteiger partial charge in [0.25, 0.3) is 8.32 Å². The van der Waals surface area contributed by atoms with E-state index in [-0.39, 0.29) is 24.9 Å². The van der Waals surface area contributed by atoms with Crippen molar-refractivity contribution in [2.75, 3.05) is 19.8 Å². The predicted octanol–water partition coefficient (Wildman–Crippen LogP) is 4.48. The molecule has 1 saturated heterocycles. The molecule has 0 radical (unpaired) electrons. The van der Waals surface area contributed by atoms with E-state index in [1.54, 1.807) is 6.08 Å². The van der Waals surface area contributed by atoms with Gasteiger partial charge >= 0.3 is 0 Å². The van der Waals surface area contributed by atoms with Crippen molar-refractivity contribution in [2.24, 2.45) is 5.11 Å². The van der Waals surface area contributed by atoms with Crippen molar-refractivity contribution >= 4 is 18.7 Å². The van der Waals surface area contributed by atoms with E-state index in [2.05, 4.69) is 61.6 Å². The Morgan fingerprint density at radius 1 is 0.977 bits per heavy atom. The number of rotatable bonds is 13. The summed E-state index contributed by atoms with van der Waals surface area (Å²) in [5.74, 6) is 0. The molecule has 0 unspecified atom stereocenters. The Hall–Kier alpha value is -3.31. The largest absolute Gasteiger partial charge is 0.406 e. The van der Waals surface area contributed by atoms with Gasteiger partial charge in [-0.15, -0.1) is 6.58 Å². The number of hydrogen-bond donors (Lipinski definition) is 2. The van der Waals surface area contributed by atoms with Crippen LogP contribution in [0.1, 0.15) is 26.3 Å². The number of aliphatic hydroxyl groups excluding tert-OH is 2. The molecular weight excluding hydrogens is 562 g/mol. The lowest BCUT2D eigenvalue weighted by Crippen LogP contribution is -2.72. The summed E-state index contributed by atoms with van der Waals surface area (Å²) in [6, 6.07) is 29.6. The fourth-order valence-electron chi connectivity index (χ4n) is 5.83. The molecular formula is C33H41N3O6Si. The van der Waals surface area contributed by atoms with E-state index in [0.29, 0.717) is 0 Å². The monoisotopic (exact) mass is 603 g/mol. The molecule has 0 spiro atoms. The first-order valence-corrected chi connectivity index (χ1v) is 16.3. The van der Waals surface area contributed by atoms with Gasteiger partial charge < -0.3 is 28.8 Å². The summed E-state index contributed by atoms with van der Waals surface area (Å²) in [7, 11) is -3.14. The lowest BCUT2D eigenvalue weighted by atomic mass is 9.84. The molecule has 3 aromatic carbocycles. The summed E-state index contributed by atoms with van der Waals surface area (Å²) < 4.78 is 25.7. The van der Waals surface area contributed by atoms with Gasteiger partial charge in [0.1, 0.15) is 18.3 Å². The first-order chi connectivity index (χ1) is 20.7. The quantitative estimate of drug-likeness (QED) is 0.0976. The van der Waals surface area contributed by atoms with Gasteiger partial charge in [-0.05, 0) is 26.5 Å². The second-order valence-corrected chi connectivity index (χ2v) is 16.0. The highest BCUT2D eigenvalue weighted by molar-refractivity contribution is 6.99. The molecule has 1 heterocycles. The highest BCUT2D eigenvalue weighted by Crippen LogP contribution is 2.41. The van der Waals surface area contributed by atoms with Gasteiger partial charge in [-0.2, -0.15) is 0 Å². The fraction of sp³-hybridized carbons (Fsp3) is 0.394. The van der Waals surface area contributed by atoms with E-state index in [9.17, 15) is 15.7 Å². The predicted molar refractivity (Wildman–Crippen MR) is 168 cm³/mol. The third-order valence-electron chi connectivity index (χ3n) is 7.88. The Kier molecular flexibility index (Phi) is 10.9. The van der Waals surface area contributed by atoms with Crippen LogP contribution in [0.2, 0.25) is 5.04 Å². The molecule has 5 atom stereocenters. The maximum absolute atomic E-state index is 11.5. The molecule has 4 rings (SSSR count). The maximum Gasteiger partial charge on any atom is 0.261 e. The van der Waals surface area contributed by atoms with Gasteiger partial charge in [0, 0.05) is 4.91 Å². The highest BCUT2D eigenvalue weighted by atomic mass is 28.4. The van der Waals surface area contributed by atoms with Crippen LogP contribution in [0.15, 0.2) is 109 Å². The molecule has 0 amide bonds. The molecule has 0 bridgehead atoms. The molecule has 0 saturated carbocycles. The van der Waals surface area contributed by atoms with Crippen molar-refractivity contribution < 1.29 is 28.8 Å². The van der Waals surface area contributed by atoms with Crippen molar-refractivity contribution in [2.45, 2.75) is 62.6 Å². The lowest BCUT2D eigenvalue weighted by molar-refractivity contribution is -0.302.